The molecule has 3 aromatic heterocycles. The van der Waals surface area contributed by atoms with Crippen molar-refractivity contribution >= 4 is 44.9 Å². The van der Waals surface area contributed by atoms with E-state index in [1.165, 1.54) is 5.56 Å². The number of nitrogens with zero attached hydrogens (tertiary/aromatic N) is 6. The molecule has 2 amide bonds. The number of hydrogen-bond donors (Lipinski definition) is 4. The number of hydrogen-bond acceptors (Lipinski definition) is 9. The molecule has 0 aliphatic heterocycles. The molecule has 4 atom stereocenters. The fraction of sp³-hybridized carbons (Fsp3) is 0.360. The Bertz CT molecular complexity index is 2860. The van der Waals surface area contributed by atoms with Crippen LogP contribution in [0.5, 0.6) is 0 Å². The summed E-state index contributed by atoms with van der Waals surface area (Å²) in [7, 11) is 0. The maximum atomic E-state index is 14.0. The Labute approximate surface area is 366 Å². The van der Waals surface area contributed by atoms with Crippen LogP contribution in [-0.4, -0.2) is 78.8 Å². The summed E-state index contributed by atoms with van der Waals surface area (Å²) in [6, 6.07) is 32.6. The summed E-state index contributed by atoms with van der Waals surface area (Å²) < 4.78 is 6.03. The molecular weight excluding hydrogens is 789 g/mol. The van der Waals surface area contributed by atoms with Gasteiger partial charge in [-0.1, -0.05) is 42.5 Å². The Hall–Kier alpha value is -6.80. The second-order valence-electron chi connectivity index (χ2n) is 16.9. The number of nitrogens with one attached hydrogen (secondary N) is 4. The summed E-state index contributed by atoms with van der Waals surface area (Å²) in [6.07, 6.45) is 7.65. The van der Waals surface area contributed by atoms with E-state index in [1.54, 1.807) is 18.2 Å². The number of para-hydroxylation sites is 1. The molecular formula is C50H52N10O3. The van der Waals surface area contributed by atoms with Gasteiger partial charge in [0.1, 0.15) is 23.0 Å². The fourth-order valence-electron chi connectivity index (χ4n) is 9.79. The molecule has 2 aliphatic rings. The van der Waals surface area contributed by atoms with E-state index in [9.17, 15) is 20.1 Å². The molecule has 0 bridgehead atoms. The predicted molar refractivity (Wildman–Crippen MR) is 242 cm³/mol. The third kappa shape index (κ3) is 8.67. The largest absolute Gasteiger partial charge is 0.458 e. The van der Waals surface area contributed by atoms with Crippen LogP contribution in [0, 0.1) is 22.7 Å². The molecule has 4 aromatic carbocycles. The van der Waals surface area contributed by atoms with Crippen molar-refractivity contribution in [3.63, 3.8) is 0 Å². The number of H-pyrrole nitrogens is 2. The van der Waals surface area contributed by atoms with E-state index in [0.717, 1.165) is 96.6 Å². The van der Waals surface area contributed by atoms with Gasteiger partial charge in [-0.25, -0.2) is 9.97 Å². The van der Waals surface area contributed by atoms with Gasteiger partial charge in [-0.3, -0.25) is 9.59 Å². The summed E-state index contributed by atoms with van der Waals surface area (Å²) in [5, 5.41) is 27.3. The van der Waals surface area contributed by atoms with Crippen molar-refractivity contribution in [3.05, 3.63) is 119 Å². The quantitative estimate of drug-likeness (QED) is 0.0882. The molecule has 3 heterocycles. The first-order chi connectivity index (χ1) is 30.8. The van der Waals surface area contributed by atoms with Gasteiger partial charge in [0.25, 0.3) is 11.8 Å². The minimum atomic E-state index is -0.109. The first-order valence-electron chi connectivity index (χ1n) is 22.3. The Morgan fingerprint density at radius 2 is 1.30 bits per heavy atom. The maximum absolute atomic E-state index is 14.0. The van der Waals surface area contributed by atoms with Crippen LogP contribution in [0.2, 0.25) is 0 Å². The third-order valence-corrected chi connectivity index (χ3v) is 13.1. The number of rotatable bonds is 13. The minimum absolute atomic E-state index is 0.0705. The van der Waals surface area contributed by atoms with Crippen LogP contribution in [0.25, 0.3) is 44.2 Å². The molecule has 4 N–H and O–H groups in total. The van der Waals surface area contributed by atoms with E-state index >= 15 is 0 Å². The number of amides is 2. The van der Waals surface area contributed by atoms with Crippen molar-refractivity contribution < 1.29 is 14.0 Å². The average Bonchev–Trinajstić information content (AvgIpc) is 4.06. The fourth-order valence-corrected chi connectivity index (χ4v) is 9.79. The van der Waals surface area contributed by atoms with E-state index in [1.807, 2.05) is 60.0 Å². The highest BCUT2D eigenvalue weighted by Gasteiger charge is 2.32. The maximum Gasteiger partial charge on any atom is 0.289 e. The van der Waals surface area contributed by atoms with Crippen molar-refractivity contribution in [1.29, 1.82) is 10.5 Å². The van der Waals surface area contributed by atoms with Crippen molar-refractivity contribution in [1.82, 2.24) is 40.4 Å². The highest BCUT2D eigenvalue weighted by atomic mass is 16.3. The SMILES string of the molecule is CCN(C(=O)c1nc2cc(C#N)ccc2[nH]1)[C@H]1CCC[C@@H](NCc2ccc(-c3ccc4[nH]c(C(=O)N(CC)[C@H]5CCC[C@@H](NCc6oc7ccccc7c6C#N)C5)nc4c3)cc2)C1. The molecule has 0 radical (unpaired) electrons. The molecule has 0 saturated heterocycles. The van der Waals surface area contributed by atoms with Crippen LogP contribution in [0.1, 0.15) is 109 Å². The monoisotopic (exact) mass is 840 g/mol. The normalized spacial score (nSPS) is 18.9. The molecule has 7 aromatic rings. The first kappa shape index (κ1) is 41.5. The topological polar surface area (TPSA) is 183 Å². The van der Waals surface area contributed by atoms with Crippen molar-refractivity contribution in [2.45, 2.75) is 102 Å². The van der Waals surface area contributed by atoms with Crippen molar-refractivity contribution in [2.75, 3.05) is 13.1 Å². The summed E-state index contributed by atoms with van der Waals surface area (Å²) >= 11 is 0. The number of aromatic amines is 2. The van der Waals surface area contributed by atoms with Crippen LogP contribution in [0.3, 0.4) is 0 Å². The Morgan fingerprint density at radius 1 is 0.714 bits per heavy atom. The van der Waals surface area contributed by atoms with Crippen LogP contribution < -0.4 is 10.6 Å². The molecule has 13 heteroatoms. The number of aromatic nitrogens is 4. The van der Waals surface area contributed by atoms with E-state index in [2.05, 4.69) is 68.1 Å². The van der Waals surface area contributed by atoms with Gasteiger partial charge in [-0.05, 0) is 124 Å². The molecule has 2 saturated carbocycles. The van der Waals surface area contributed by atoms with Crippen LogP contribution in [-0.2, 0) is 13.1 Å². The summed E-state index contributed by atoms with van der Waals surface area (Å²) in [5.74, 6) is 1.11. The lowest BCUT2D eigenvalue weighted by molar-refractivity contribution is 0.0609. The zero-order chi connectivity index (χ0) is 43.5. The first-order valence-corrected chi connectivity index (χ1v) is 22.3. The van der Waals surface area contributed by atoms with E-state index in [4.69, 9.17) is 9.40 Å². The van der Waals surface area contributed by atoms with E-state index in [0.29, 0.717) is 53.7 Å². The van der Waals surface area contributed by atoms with Gasteiger partial charge >= 0.3 is 0 Å². The molecule has 2 fully saturated rings. The predicted octanol–water partition coefficient (Wildman–Crippen LogP) is 8.72. The second kappa shape index (κ2) is 18.3. The van der Waals surface area contributed by atoms with Crippen molar-refractivity contribution in [2.24, 2.45) is 0 Å². The highest BCUT2D eigenvalue weighted by molar-refractivity contribution is 5.96. The van der Waals surface area contributed by atoms with Crippen LogP contribution in [0.15, 0.2) is 89.3 Å². The Balaban J connectivity index is 0.795. The molecule has 63 heavy (non-hydrogen) atoms. The second-order valence-corrected chi connectivity index (χ2v) is 16.9. The number of fused-ring (bicyclic) bond motifs is 3. The lowest BCUT2D eigenvalue weighted by atomic mass is 9.89. The van der Waals surface area contributed by atoms with E-state index in [-0.39, 0.29) is 36.0 Å². The number of furan rings is 1. The Morgan fingerprint density at radius 3 is 1.92 bits per heavy atom. The number of imidazole rings is 2. The highest BCUT2D eigenvalue weighted by Crippen LogP contribution is 2.30. The minimum Gasteiger partial charge on any atom is -0.458 e. The number of carbonyl (C=O) groups excluding carboxylic acids is 2. The molecule has 2 aliphatic carbocycles. The molecule has 9 rings (SSSR count). The molecule has 13 nitrogen and oxygen atoms in total. The van der Waals surface area contributed by atoms with Gasteiger partial charge in [-0.15, -0.1) is 0 Å². The molecule has 0 unspecified atom stereocenters. The summed E-state index contributed by atoms with van der Waals surface area (Å²) in [4.78, 5) is 47.3. The number of carbonyl (C=O) groups is 2. The van der Waals surface area contributed by atoms with Crippen LogP contribution >= 0.6 is 0 Å². The van der Waals surface area contributed by atoms with E-state index < -0.39 is 0 Å². The summed E-state index contributed by atoms with van der Waals surface area (Å²) in [5.41, 5.74) is 8.03. The zero-order valence-corrected chi connectivity index (χ0v) is 35.8. The zero-order valence-electron chi connectivity index (χ0n) is 35.8. The van der Waals surface area contributed by atoms with Gasteiger partial charge in [0.05, 0.1) is 40.2 Å². The average molecular weight is 841 g/mol. The summed E-state index contributed by atoms with van der Waals surface area (Å²) in [6.45, 7) is 6.40. The van der Waals surface area contributed by atoms with Gasteiger partial charge < -0.3 is 34.8 Å². The van der Waals surface area contributed by atoms with Gasteiger partial charge in [-0.2, -0.15) is 10.5 Å². The number of benzene rings is 4. The smallest absolute Gasteiger partial charge is 0.289 e. The lowest BCUT2D eigenvalue weighted by Crippen LogP contribution is -2.47. The van der Waals surface area contributed by atoms with Crippen molar-refractivity contribution in [3.8, 4) is 23.3 Å². The molecule has 320 valence electrons. The van der Waals surface area contributed by atoms with Gasteiger partial charge in [0, 0.05) is 49.2 Å². The van der Waals surface area contributed by atoms with Gasteiger partial charge in [0.2, 0.25) is 0 Å². The van der Waals surface area contributed by atoms with Gasteiger partial charge in [0.15, 0.2) is 11.6 Å². The third-order valence-electron chi connectivity index (χ3n) is 13.1. The van der Waals surface area contributed by atoms with Crippen LogP contribution in [0.4, 0.5) is 0 Å². The molecule has 0 spiro atoms. The lowest BCUT2D eigenvalue weighted by Gasteiger charge is -2.37. The Kier molecular flexibility index (Phi) is 12.1. The standard InChI is InChI=1S/C50H52N10O3/c1-3-59(49(61)47-55-41-21-17-32(27-51)23-43(41)57-47)37-11-7-9-35(25-37)53-29-31-15-18-33(19-16-31)34-20-22-42-44(24-34)58-48(56-42)50(62)60(4-2)38-12-8-10-36(26-38)54-30-46-40(28-52)39-13-5-6-14-45(39)63-46/h5-6,13-24,35-38,53-54H,3-4,7-12,25-26,29-30H2,1-2H3,(H,55,57)(H,56,58)/t35-,36-,37+,38+/m1/s1. The number of nitriles is 2.